The molecule has 3 rings (SSSR count). The predicted octanol–water partition coefficient (Wildman–Crippen LogP) is 1.51. The number of hydrogen-bond donors (Lipinski definition) is 2. The third kappa shape index (κ3) is 3.14. The van der Waals surface area contributed by atoms with Crippen molar-refractivity contribution in [1.29, 1.82) is 0 Å². The fourth-order valence-corrected chi connectivity index (χ4v) is 5.85. The van der Waals surface area contributed by atoms with E-state index in [0.29, 0.717) is 25.9 Å². The number of nitrogens with one attached hydrogen (secondary N) is 2. The van der Waals surface area contributed by atoms with Crippen molar-refractivity contribution in [3.63, 3.8) is 0 Å². The fourth-order valence-electron chi connectivity index (χ4n) is 3.38. The first-order valence-electron chi connectivity index (χ1n) is 7.87. The lowest BCUT2D eigenvalue weighted by Gasteiger charge is -2.36. The van der Waals surface area contributed by atoms with Gasteiger partial charge in [-0.2, -0.15) is 0 Å². The van der Waals surface area contributed by atoms with E-state index < -0.39 is 14.6 Å². The maximum absolute atomic E-state index is 12.9. The Kier molecular flexibility index (Phi) is 4.71. The van der Waals surface area contributed by atoms with Gasteiger partial charge in [0, 0.05) is 16.9 Å². The molecule has 1 aromatic carbocycles. The van der Waals surface area contributed by atoms with E-state index in [0.717, 1.165) is 17.7 Å². The fraction of sp³-hybridized carbons (Fsp3) is 0.562. The summed E-state index contributed by atoms with van der Waals surface area (Å²) in [5.74, 6) is 0.586. The van der Waals surface area contributed by atoms with Gasteiger partial charge < -0.3 is 10.6 Å². The SMILES string of the molecule is CS(=O)(=O)C1(C(=O)NC2CCSc3ccccc32)CCNCC1. The summed E-state index contributed by atoms with van der Waals surface area (Å²) < 4.78 is 23.4. The molecule has 0 aliphatic carbocycles. The van der Waals surface area contributed by atoms with E-state index in [9.17, 15) is 13.2 Å². The predicted molar refractivity (Wildman–Crippen MR) is 92.3 cm³/mol. The Hall–Kier alpha value is -1.05. The first-order valence-corrected chi connectivity index (χ1v) is 10.7. The van der Waals surface area contributed by atoms with Crippen LogP contribution in [0.5, 0.6) is 0 Å². The molecule has 1 fully saturated rings. The van der Waals surface area contributed by atoms with Crippen LogP contribution in [0.1, 0.15) is 30.9 Å². The number of benzene rings is 1. The maximum atomic E-state index is 12.9. The van der Waals surface area contributed by atoms with Crippen molar-refractivity contribution in [2.75, 3.05) is 25.1 Å². The van der Waals surface area contributed by atoms with Gasteiger partial charge in [0.1, 0.15) is 0 Å². The Morgan fingerprint density at radius 2 is 2.00 bits per heavy atom. The van der Waals surface area contributed by atoms with Crippen molar-refractivity contribution in [3.8, 4) is 0 Å². The zero-order valence-electron chi connectivity index (χ0n) is 13.2. The number of sulfone groups is 1. The minimum absolute atomic E-state index is 0.103. The smallest absolute Gasteiger partial charge is 0.242 e. The largest absolute Gasteiger partial charge is 0.348 e. The summed E-state index contributed by atoms with van der Waals surface area (Å²) in [7, 11) is -3.47. The van der Waals surface area contributed by atoms with Gasteiger partial charge in [0.15, 0.2) is 14.6 Å². The summed E-state index contributed by atoms with van der Waals surface area (Å²) in [6.07, 6.45) is 2.68. The van der Waals surface area contributed by atoms with Crippen LogP contribution in [0.15, 0.2) is 29.2 Å². The molecule has 0 bridgehead atoms. The second-order valence-corrected chi connectivity index (χ2v) is 9.68. The minimum atomic E-state index is -3.47. The molecule has 0 aromatic heterocycles. The number of amides is 1. The summed E-state index contributed by atoms with van der Waals surface area (Å²) in [5, 5.41) is 6.17. The third-order valence-corrected chi connectivity index (χ3v) is 7.93. The van der Waals surface area contributed by atoms with Crippen LogP contribution in [0.2, 0.25) is 0 Å². The Labute approximate surface area is 141 Å². The van der Waals surface area contributed by atoms with Crippen LogP contribution in [-0.2, 0) is 14.6 Å². The lowest BCUT2D eigenvalue weighted by atomic mass is 9.94. The van der Waals surface area contributed by atoms with Crippen molar-refractivity contribution in [3.05, 3.63) is 29.8 Å². The molecule has 7 heteroatoms. The van der Waals surface area contributed by atoms with Crippen LogP contribution in [0.3, 0.4) is 0 Å². The summed E-state index contributed by atoms with van der Waals surface area (Å²) >= 11 is 1.78. The molecule has 2 heterocycles. The van der Waals surface area contributed by atoms with Crippen molar-refractivity contribution >= 4 is 27.5 Å². The zero-order valence-corrected chi connectivity index (χ0v) is 14.8. The van der Waals surface area contributed by atoms with Crippen LogP contribution < -0.4 is 10.6 Å². The quantitative estimate of drug-likeness (QED) is 0.860. The molecule has 126 valence electrons. The molecule has 0 spiro atoms. The first-order chi connectivity index (χ1) is 10.9. The van der Waals surface area contributed by atoms with Crippen LogP contribution in [-0.4, -0.2) is 44.2 Å². The monoisotopic (exact) mass is 354 g/mol. The van der Waals surface area contributed by atoms with Crippen LogP contribution in [0.4, 0.5) is 0 Å². The summed E-state index contributed by atoms with van der Waals surface area (Å²) in [5.41, 5.74) is 1.09. The van der Waals surface area contributed by atoms with Crippen molar-refractivity contribution in [1.82, 2.24) is 10.6 Å². The zero-order chi connectivity index (χ0) is 16.5. The highest BCUT2D eigenvalue weighted by Crippen LogP contribution is 2.37. The molecule has 0 saturated carbocycles. The average molecular weight is 354 g/mol. The molecule has 1 aromatic rings. The van der Waals surface area contributed by atoms with Crippen molar-refractivity contribution in [2.45, 2.75) is 34.9 Å². The molecule has 1 atom stereocenters. The highest BCUT2D eigenvalue weighted by Gasteiger charge is 2.49. The molecule has 1 saturated heterocycles. The highest BCUT2D eigenvalue weighted by molar-refractivity contribution is 7.99. The number of carbonyl (C=O) groups excluding carboxylic acids is 1. The number of piperidine rings is 1. The van der Waals surface area contributed by atoms with Gasteiger partial charge in [-0.05, 0) is 44.0 Å². The second kappa shape index (κ2) is 6.45. The van der Waals surface area contributed by atoms with Gasteiger partial charge in [-0.3, -0.25) is 4.79 Å². The van der Waals surface area contributed by atoms with Crippen LogP contribution >= 0.6 is 11.8 Å². The number of carbonyl (C=O) groups is 1. The molecule has 23 heavy (non-hydrogen) atoms. The van der Waals surface area contributed by atoms with Gasteiger partial charge >= 0.3 is 0 Å². The van der Waals surface area contributed by atoms with E-state index in [2.05, 4.69) is 16.7 Å². The molecule has 1 unspecified atom stereocenters. The highest BCUT2D eigenvalue weighted by atomic mass is 32.2. The third-order valence-electron chi connectivity index (χ3n) is 4.80. The van der Waals surface area contributed by atoms with E-state index in [1.165, 1.54) is 11.2 Å². The Bertz CT molecular complexity index is 697. The number of rotatable bonds is 3. The number of hydrogen-bond acceptors (Lipinski definition) is 5. The Morgan fingerprint density at radius 3 is 2.70 bits per heavy atom. The maximum Gasteiger partial charge on any atom is 0.242 e. The second-order valence-electron chi connectivity index (χ2n) is 6.22. The van der Waals surface area contributed by atoms with Crippen molar-refractivity contribution in [2.24, 2.45) is 0 Å². The molecule has 5 nitrogen and oxygen atoms in total. The Balaban J connectivity index is 1.86. The summed E-state index contributed by atoms with van der Waals surface area (Å²) in [4.78, 5) is 14.1. The number of thioether (sulfide) groups is 1. The average Bonchev–Trinajstić information content (AvgIpc) is 2.55. The lowest BCUT2D eigenvalue weighted by Crippen LogP contribution is -2.57. The van der Waals surface area contributed by atoms with Gasteiger partial charge in [0.2, 0.25) is 5.91 Å². The van der Waals surface area contributed by atoms with Crippen LogP contribution in [0.25, 0.3) is 0 Å². The summed E-state index contributed by atoms with van der Waals surface area (Å²) in [6, 6.07) is 7.91. The molecule has 0 radical (unpaired) electrons. The van der Waals surface area contributed by atoms with Gasteiger partial charge in [-0.25, -0.2) is 8.42 Å². The normalized spacial score (nSPS) is 23.8. The van der Waals surface area contributed by atoms with E-state index >= 15 is 0 Å². The van der Waals surface area contributed by atoms with Crippen LogP contribution in [0, 0.1) is 0 Å². The van der Waals surface area contributed by atoms with Crippen molar-refractivity contribution < 1.29 is 13.2 Å². The summed E-state index contributed by atoms with van der Waals surface area (Å²) in [6.45, 7) is 1.11. The minimum Gasteiger partial charge on any atom is -0.348 e. The van der Waals surface area contributed by atoms with Gasteiger partial charge in [0.25, 0.3) is 0 Å². The topological polar surface area (TPSA) is 75.3 Å². The molecular formula is C16H22N2O3S2. The van der Waals surface area contributed by atoms with E-state index in [1.807, 2.05) is 18.2 Å². The van der Waals surface area contributed by atoms with Gasteiger partial charge in [0.05, 0.1) is 6.04 Å². The molecular weight excluding hydrogens is 332 g/mol. The Morgan fingerprint density at radius 1 is 1.30 bits per heavy atom. The standard InChI is InChI=1S/C16H22N2O3S2/c1-23(20,21)16(7-9-17-10-8-16)15(19)18-13-6-11-22-14-5-3-2-4-12(13)14/h2-5,13,17H,6-11H2,1H3,(H,18,19). The molecule has 2 N–H and O–H groups in total. The van der Waals surface area contributed by atoms with Gasteiger partial charge in [-0.15, -0.1) is 11.8 Å². The van der Waals surface area contributed by atoms with E-state index in [1.54, 1.807) is 11.8 Å². The molecule has 1 amide bonds. The molecule has 2 aliphatic rings. The van der Waals surface area contributed by atoms with Gasteiger partial charge in [-0.1, -0.05) is 18.2 Å². The van der Waals surface area contributed by atoms with E-state index in [-0.39, 0.29) is 11.9 Å². The van der Waals surface area contributed by atoms with E-state index in [4.69, 9.17) is 0 Å². The lowest BCUT2D eigenvalue weighted by molar-refractivity contribution is -0.125. The number of fused-ring (bicyclic) bond motifs is 1. The first kappa shape index (κ1) is 16.8. The molecule has 2 aliphatic heterocycles.